The van der Waals surface area contributed by atoms with E-state index in [4.69, 9.17) is 0 Å². The van der Waals surface area contributed by atoms with E-state index in [1.807, 2.05) is 0 Å². The molecule has 2 heterocycles. The smallest absolute Gasteiger partial charge is 0.282 e. The van der Waals surface area contributed by atoms with Crippen LogP contribution in [0.25, 0.3) is 0 Å². The van der Waals surface area contributed by atoms with Crippen molar-refractivity contribution >= 4 is 22.0 Å². The van der Waals surface area contributed by atoms with Gasteiger partial charge in [-0.1, -0.05) is 0 Å². The number of hydrogen-bond donors (Lipinski definition) is 0. The van der Waals surface area contributed by atoms with E-state index >= 15 is 0 Å². The Morgan fingerprint density at radius 1 is 0.667 bits per heavy atom. The number of piperazine rings is 2. The number of nitrogens with zero attached hydrogens (tertiary/aromatic N) is 4. The fraction of sp³-hybridized carbons (Fsp3) is 0.833. The minimum atomic E-state index is -3.49. The Hall–Kier alpha value is -1.19. The van der Waals surface area contributed by atoms with Crippen LogP contribution in [0.2, 0.25) is 0 Å². The zero-order valence-electron chi connectivity index (χ0n) is 12.5. The van der Waals surface area contributed by atoms with Crippen molar-refractivity contribution in [3.05, 3.63) is 0 Å². The van der Waals surface area contributed by atoms with Gasteiger partial charge in [0.2, 0.25) is 11.8 Å². The van der Waals surface area contributed by atoms with Gasteiger partial charge in [0.05, 0.1) is 0 Å². The van der Waals surface area contributed by atoms with Gasteiger partial charge in [0.25, 0.3) is 10.2 Å². The Morgan fingerprint density at radius 2 is 0.952 bits per heavy atom. The van der Waals surface area contributed by atoms with Crippen LogP contribution in [0.4, 0.5) is 0 Å². The lowest BCUT2D eigenvalue weighted by atomic mass is 10.3. The van der Waals surface area contributed by atoms with E-state index in [0.29, 0.717) is 52.4 Å². The first-order chi connectivity index (χ1) is 9.82. The van der Waals surface area contributed by atoms with Crippen LogP contribution in [0.3, 0.4) is 0 Å². The molecule has 21 heavy (non-hydrogen) atoms. The van der Waals surface area contributed by atoms with Crippen molar-refractivity contribution in [1.82, 2.24) is 18.4 Å². The highest BCUT2D eigenvalue weighted by Gasteiger charge is 2.34. The van der Waals surface area contributed by atoms with Gasteiger partial charge in [-0.05, 0) is 0 Å². The molecule has 0 unspecified atom stereocenters. The molecule has 0 spiro atoms. The minimum Gasteiger partial charge on any atom is -0.340 e. The summed E-state index contributed by atoms with van der Waals surface area (Å²) >= 11 is 0. The number of carbonyl (C=O) groups excluding carboxylic acids is 2. The van der Waals surface area contributed by atoms with Crippen LogP contribution in [-0.4, -0.2) is 91.0 Å². The highest BCUT2D eigenvalue weighted by Crippen LogP contribution is 2.15. The molecule has 9 heteroatoms. The van der Waals surface area contributed by atoms with Crippen LogP contribution < -0.4 is 0 Å². The first-order valence-electron chi connectivity index (χ1n) is 7.08. The quantitative estimate of drug-likeness (QED) is 0.624. The lowest BCUT2D eigenvalue weighted by Crippen LogP contribution is -2.57. The predicted molar refractivity (Wildman–Crippen MR) is 76.6 cm³/mol. The predicted octanol–water partition coefficient (Wildman–Crippen LogP) is -1.44. The molecule has 0 bridgehead atoms. The normalized spacial score (nSPS) is 22.4. The SMILES string of the molecule is CC(=O)N1CCN(S(=O)(=O)N2CCN(C(C)=O)CC2)CC1. The Balaban J connectivity index is 1.94. The molecule has 0 radical (unpaired) electrons. The molecule has 2 amide bonds. The Labute approximate surface area is 125 Å². The maximum Gasteiger partial charge on any atom is 0.282 e. The maximum absolute atomic E-state index is 12.5. The van der Waals surface area contributed by atoms with E-state index in [2.05, 4.69) is 0 Å². The summed E-state index contributed by atoms with van der Waals surface area (Å²) in [6, 6.07) is 0. The molecular formula is C12H22N4O4S. The molecule has 0 atom stereocenters. The fourth-order valence-electron chi connectivity index (χ4n) is 2.63. The molecule has 2 aliphatic heterocycles. The third kappa shape index (κ3) is 3.53. The maximum atomic E-state index is 12.5. The number of amides is 2. The molecule has 0 aromatic rings. The van der Waals surface area contributed by atoms with Crippen LogP contribution in [0, 0.1) is 0 Å². The molecule has 0 N–H and O–H groups in total. The second kappa shape index (κ2) is 6.29. The lowest BCUT2D eigenvalue weighted by molar-refractivity contribution is -0.130. The Bertz CT molecular complexity index is 465. The number of carbonyl (C=O) groups is 2. The van der Waals surface area contributed by atoms with Gasteiger partial charge >= 0.3 is 0 Å². The summed E-state index contributed by atoms with van der Waals surface area (Å²) in [5.41, 5.74) is 0. The third-order valence-electron chi connectivity index (χ3n) is 4.02. The standard InChI is InChI=1S/C12H22N4O4S/c1-11(17)13-3-7-15(8-4-13)21(19,20)16-9-5-14(6-10-16)12(2)18/h3-10H2,1-2H3. The molecular weight excluding hydrogens is 296 g/mol. The van der Waals surface area contributed by atoms with E-state index in [9.17, 15) is 18.0 Å². The Morgan fingerprint density at radius 3 is 1.19 bits per heavy atom. The minimum absolute atomic E-state index is 0.0258. The van der Waals surface area contributed by atoms with E-state index in [-0.39, 0.29) is 11.8 Å². The van der Waals surface area contributed by atoms with Crippen molar-refractivity contribution in [2.45, 2.75) is 13.8 Å². The van der Waals surface area contributed by atoms with Gasteiger partial charge in [0, 0.05) is 66.2 Å². The summed E-state index contributed by atoms with van der Waals surface area (Å²) < 4.78 is 27.9. The summed E-state index contributed by atoms with van der Waals surface area (Å²) in [4.78, 5) is 25.8. The summed E-state index contributed by atoms with van der Waals surface area (Å²) in [7, 11) is -3.49. The van der Waals surface area contributed by atoms with Crippen molar-refractivity contribution in [2.24, 2.45) is 0 Å². The second-order valence-corrected chi connectivity index (χ2v) is 7.25. The molecule has 2 saturated heterocycles. The van der Waals surface area contributed by atoms with Gasteiger partial charge in [-0.3, -0.25) is 9.59 Å². The highest BCUT2D eigenvalue weighted by atomic mass is 32.2. The summed E-state index contributed by atoms with van der Waals surface area (Å²) in [5, 5.41) is 0. The van der Waals surface area contributed by atoms with Crippen molar-refractivity contribution < 1.29 is 18.0 Å². The summed E-state index contributed by atoms with van der Waals surface area (Å²) in [5.74, 6) is -0.0516. The number of hydrogen-bond acceptors (Lipinski definition) is 4. The van der Waals surface area contributed by atoms with E-state index in [1.54, 1.807) is 9.80 Å². The fourth-order valence-corrected chi connectivity index (χ4v) is 4.21. The molecule has 0 saturated carbocycles. The molecule has 120 valence electrons. The molecule has 2 rings (SSSR count). The van der Waals surface area contributed by atoms with Gasteiger partial charge in [-0.2, -0.15) is 17.0 Å². The summed E-state index contributed by atoms with van der Waals surface area (Å²) in [6.07, 6.45) is 0. The highest BCUT2D eigenvalue weighted by molar-refractivity contribution is 7.86. The van der Waals surface area contributed by atoms with Gasteiger partial charge in [-0.15, -0.1) is 0 Å². The molecule has 0 aromatic heterocycles. The van der Waals surface area contributed by atoms with Gasteiger partial charge in [0.1, 0.15) is 0 Å². The van der Waals surface area contributed by atoms with Gasteiger partial charge < -0.3 is 9.80 Å². The van der Waals surface area contributed by atoms with Gasteiger partial charge in [-0.25, -0.2) is 0 Å². The molecule has 0 aromatic carbocycles. The number of rotatable bonds is 2. The van der Waals surface area contributed by atoms with Crippen molar-refractivity contribution in [3.8, 4) is 0 Å². The largest absolute Gasteiger partial charge is 0.340 e. The van der Waals surface area contributed by atoms with Crippen LogP contribution in [-0.2, 0) is 19.8 Å². The van der Waals surface area contributed by atoms with Gasteiger partial charge in [0.15, 0.2) is 0 Å². The van der Waals surface area contributed by atoms with E-state index in [0.717, 1.165) is 0 Å². The molecule has 2 aliphatic rings. The zero-order valence-corrected chi connectivity index (χ0v) is 13.3. The topological polar surface area (TPSA) is 81.2 Å². The van der Waals surface area contributed by atoms with E-state index in [1.165, 1.54) is 22.5 Å². The van der Waals surface area contributed by atoms with Crippen LogP contribution >= 0.6 is 0 Å². The van der Waals surface area contributed by atoms with Crippen LogP contribution in [0.1, 0.15) is 13.8 Å². The van der Waals surface area contributed by atoms with Crippen LogP contribution in [0.5, 0.6) is 0 Å². The van der Waals surface area contributed by atoms with Crippen molar-refractivity contribution in [2.75, 3.05) is 52.4 Å². The Kier molecular flexibility index (Phi) is 4.84. The lowest BCUT2D eigenvalue weighted by Gasteiger charge is -2.39. The molecule has 0 aliphatic carbocycles. The zero-order chi connectivity index (χ0) is 15.6. The average molecular weight is 318 g/mol. The molecule has 8 nitrogen and oxygen atoms in total. The average Bonchev–Trinajstić information content (AvgIpc) is 2.47. The third-order valence-corrected chi connectivity index (χ3v) is 6.06. The first kappa shape index (κ1) is 16.2. The van der Waals surface area contributed by atoms with Crippen molar-refractivity contribution in [3.63, 3.8) is 0 Å². The first-order valence-corrected chi connectivity index (χ1v) is 8.48. The monoisotopic (exact) mass is 318 g/mol. The van der Waals surface area contributed by atoms with Crippen molar-refractivity contribution in [1.29, 1.82) is 0 Å². The second-order valence-electron chi connectivity index (χ2n) is 5.32. The molecule has 2 fully saturated rings. The summed E-state index contributed by atoms with van der Waals surface area (Å²) in [6.45, 7) is 6.03. The van der Waals surface area contributed by atoms with Crippen LogP contribution in [0.15, 0.2) is 0 Å². The van der Waals surface area contributed by atoms with E-state index < -0.39 is 10.2 Å².